The Bertz CT molecular complexity index is 979. The maximum atomic E-state index is 14.5. The zero-order chi connectivity index (χ0) is 21.6. The van der Waals surface area contributed by atoms with Crippen LogP contribution in [0.3, 0.4) is 0 Å². The first kappa shape index (κ1) is 21.5. The summed E-state index contributed by atoms with van der Waals surface area (Å²) in [6.45, 7) is 4.00. The highest BCUT2D eigenvalue weighted by molar-refractivity contribution is 5.32. The van der Waals surface area contributed by atoms with Crippen molar-refractivity contribution in [3.63, 3.8) is 0 Å². The van der Waals surface area contributed by atoms with Gasteiger partial charge in [0, 0.05) is 75.1 Å². The summed E-state index contributed by atoms with van der Waals surface area (Å²) in [4.78, 5) is 8.91. The molecule has 1 aliphatic heterocycles. The average Bonchev–Trinajstić information content (AvgIpc) is 3.25. The van der Waals surface area contributed by atoms with Crippen LogP contribution < -0.4 is 4.74 Å². The fraction of sp³-hybridized carbons (Fsp3) is 0.375. The van der Waals surface area contributed by atoms with Gasteiger partial charge in [-0.15, -0.1) is 0 Å². The van der Waals surface area contributed by atoms with E-state index in [1.54, 1.807) is 18.3 Å². The molecular formula is C24H29FN4O2. The lowest BCUT2D eigenvalue weighted by Crippen LogP contribution is -2.52. The molecule has 3 aromatic rings. The van der Waals surface area contributed by atoms with E-state index in [4.69, 9.17) is 4.74 Å². The van der Waals surface area contributed by atoms with Gasteiger partial charge in [-0.1, -0.05) is 6.07 Å². The van der Waals surface area contributed by atoms with Crippen molar-refractivity contribution < 1.29 is 14.2 Å². The molecule has 0 radical (unpaired) electrons. The molecule has 1 aromatic carbocycles. The molecule has 7 heteroatoms. The molecule has 0 aliphatic carbocycles. The maximum Gasteiger partial charge on any atom is 0.131 e. The number of aliphatic hydroxyl groups excluding tert-OH is 1. The minimum atomic E-state index is -0.251. The molecular weight excluding hydrogens is 395 g/mol. The summed E-state index contributed by atoms with van der Waals surface area (Å²) >= 11 is 0. The third-order valence-electron chi connectivity index (χ3n) is 5.93. The number of methoxy groups -OCH3 is 1. The predicted molar refractivity (Wildman–Crippen MR) is 118 cm³/mol. The molecule has 4 rings (SSSR count). The number of hydrogen-bond donors (Lipinski definition) is 1. The van der Waals surface area contributed by atoms with E-state index in [2.05, 4.69) is 37.7 Å². The van der Waals surface area contributed by atoms with E-state index in [1.807, 2.05) is 18.3 Å². The number of pyridine rings is 1. The number of benzene rings is 1. The molecule has 1 aliphatic rings. The Kier molecular flexibility index (Phi) is 6.96. The quantitative estimate of drug-likeness (QED) is 0.602. The van der Waals surface area contributed by atoms with E-state index >= 15 is 0 Å². The molecule has 1 N–H and O–H groups in total. The summed E-state index contributed by atoms with van der Waals surface area (Å²) in [6, 6.07) is 13.4. The molecule has 0 saturated carbocycles. The molecule has 1 atom stereocenters. The van der Waals surface area contributed by atoms with Gasteiger partial charge in [0.15, 0.2) is 0 Å². The van der Waals surface area contributed by atoms with Crippen molar-refractivity contribution in [3.05, 3.63) is 78.1 Å². The molecule has 2 aromatic heterocycles. The normalized spacial score (nSPS) is 17.7. The van der Waals surface area contributed by atoms with Crippen LogP contribution in [-0.4, -0.2) is 63.9 Å². The number of rotatable bonds is 8. The summed E-state index contributed by atoms with van der Waals surface area (Å²) in [5.74, 6) is 0.272. The van der Waals surface area contributed by atoms with Crippen molar-refractivity contribution in [3.8, 4) is 11.4 Å². The molecule has 0 unspecified atom stereocenters. The monoisotopic (exact) mass is 424 g/mol. The first-order valence-corrected chi connectivity index (χ1v) is 10.6. The van der Waals surface area contributed by atoms with Crippen LogP contribution in [0.5, 0.6) is 5.75 Å². The topological polar surface area (TPSA) is 53.8 Å². The lowest BCUT2D eigenvalue weighted by molar-refractivity contribution is 0.0485. The molecule has 1 saturated heterocycles. The van der Waals surface area contributed by atoms with Crippen LogP contribution in [-0.2, 0) is 13.1 Å². The summed E-state index contributed by atoms with van der Waals surface area (Å²) in [6.07, 6.45) is 6.36. The fourth-order valence-corrected chi connectivity index (χ4v) is 4.26. The molecule has 1 fully saturated rings. The third kappa shape index (κ3) is 5.12. The number of halogens is 1. The lowest BCUT2D eigenvalue weighted by atomic mass is 10.1. The zero-order valence-electron chi connectivity index (χ0n) is 17.8. The smallest absolute Gasteiger partial charge is 0.131 e. The number of aliphatic hydroxyl groups is 1. The van der Waals surface area contributed by atoms with Gasteiger partial charge in [0.2, 0.25) is 0 Å². The van der Waals surface area contributed by atoms with Crippen LogP contribution in [0.4, 0.5) is 4.39 Å². The Morgan fingerprint density at radius 1 is 1.16 bits per heavy atom. The van der Waals surface area contributed by atoms with Gasteiger partial charge < -0.3 is 14.4 Å². The van der Waals surface area contributed by atoms with E-state index < -0.39 is 0 Å². The number of piperazine rings is 1. The van der Waals surface area contributed by atoms with Gasteiger partial charge in [-0.3, -0.25) is 14.8 Å². The summed E-state index contributed by atoms with van der Waals surface area (Å²) < 4.78 is 21.7. The van der Waals surface area contributed by atoms with Crippen molar-refractivity contribution in [1.82, 2.24) is 19.4 Å². The highest BCUT2D eigenvalue weighted by Crippen LogP contribution is 2.23. The molecule has 3 heterocycles. The van der Waals surface area contributed by atoms with E-state index in [-0.39, 0.29) is 18.5 Å². The average molecular weight is 425 g/mol. The first-order valence-electron chi connectivity index (χ1n) is 10.6. The summed E-state index contributed by atoms with van der Waals surface area (Å²) in [5.41, 5.74) is 2.90. The second-order valence-corrected chi connectivity index (χ2v) is 7.91. The first-order chi connectivity index (χ1) is 15.2. The third-order valence-corrected chi connectivity index (χ3v) is 5.93. The predicted octanol–water partition coefficient (Wildman–Crippen LogP) is 3.09. The molecule has 164 valence electrons. The SMILES string of the molecule is COc1ccc(CN2CCN(Cc3cccn3-c3cccnc3)C[C@H]2CCO)c(F)c1. The second kappa shape index (κ2) is 10.0. The zero-order valence-corrected chi connectivity index (χ0v) is 17.8. The Morgan fingerprint density at radius 2 is 2.06 bits per heavy atom. The lowest BCUT2D eigenvalue weighted by Gasteiger charge is -2.41. The Balaban J connectivity index is 1.44. The van der Waals surface area contributed by atoms with Crippen LogP contribution in [0.25, 0.3) is 5.69 Å². The van der Waals surface area contributed by atoms with Gasteiger partial charge in [-0.05, 0) is 36.8 Å². The highest BCUT2D eigenvalue weighted by atomic mass is 19.1. The van der Waals surface area contributed by atoms with Gasteiger partial charge in [-0.2, -0.15) is 0 Å². The van der Waals surface area contributed by atoms with Crippen molar-refractivity contribution in [2.45, 2.75) is 25.6 Å². The van der Waals surface area contributed by atoms with Crippen molar-refractivity contribution in [2.75, 3.05) is 33.4 Å². The second-order valence-electron chi connectivity index (χ2n) is 7.91. The van der Waals surface area contributed by atoms with Gasteiger partial charge in [0.05, 0.1) is 19.0 Å². The molecule has 0 amide bonds. The minimum absolute atomic E-state index is 0.117. The van der Waals surface area contributed by atoms with Crippen molar-refractivity contribution in [2.24, 2.45) is 0 Å². The standard InChI is InChI=1S/C24H29FN4O2/c1-31-23-7-6-19(24(25)14-23)16-28-12-11-27(17-21(28)8-13-30)18-22-5-3-10-29(22)20-4-2-9-26-15-20/h2-7,9-10,14-15,21,30H,8,11-13,16-18H2,1H3/t21-/m1/s1. The molecule has 31 heavy (non-hydrogen) atoms. The van der Waals surface area contributed by atoms with Gasteiger partial charge in [0.1, 0.15) is 11.6 Å². The van der Waals surface area contributed by atoms with E-state index in [0.717, 1.165) is 31.9 Å². The van der Waals surface area contributed by atoms with Crippen LogP contribution in [0.2, 0.25) is 0 Å². The number of hydrogen-bond acceptors (Lipinski definition) is 5. The van der Waals surface area contributed by atoms with Crippen LogP contribution >= 0.6 is 0 Å². The van der Waals surface area contributed by atoms with E-state index in [1.165, 1.54) is 18.9 Å². The minimum Gasteiger partial charge on any atom is -0.497 e. The Labute approximate surface area is 182 Å². The van der Waals surface area contributed by atoms with E-state index in [0.29, 0.717) is 24.3 Å². The van der Waals surface area contributed by atoms with E-state index in [9.17, 15) is 9.50 Å². The summed E-state index contributed by atoms with van der Waals surface area (Å²) in [7, 11) is 1.54. The molecule has 0 spiro atoms. The van der Waals surface area contributed by atoms with Crippen LogP contribution in [0.1, 0.15) is 17.7 Å². The fourth-order valence-electron chi connectivity index (χ4n) is 4.26. The largest absolute Gasteiger partial charge is 0.497 e. The number of ether oxygens (including phenoxy) is 1. The van der Waals surface area contributed by atoms with Crippen molar-refractivity contribution >= 4 is 0 Å². The van der Waals surface area contributed by atoms with Gasteiger partial charge >= 0.3 is 0 Å². The van der Waals surface area contributed by atoms with Crippen molar-refractivity contribution in [1.29, 1.82) is 0 Å². The Hall–Kier alpha value is -2.74. The summed E-state index contributed by atoms with van der Waals surface area (Å²) in [5, 5.41) is 9.61. The Morgan fingerprint density at radius 3 is 2.81 bits per heavy atom. The van der Waals surface area contributed by atoms with Crippen LogP contribution in [0.15, 0.2) is 61.1 Å². The van der Waals surface area contributed by atoms with Crippen LogP contribution in [0, 0.1) is 5.82 Å². The van der Waals surface area contributed by atoms with Gasteiger partial charge in [-0.25, -0.2) is 4.39 Å². The number of nitrogens with zero attached hydrogens (tertiary/aromatic N) is 4. The highest BCUT2D eigenvalue weighted by Gasteiger charge is 2.27. The van der Waals surface area contributed by atoms with Gasteiger partial charge in [0.25, 0.3) is 0 Å². The maximum absolute atomic E-state index is 14.5. The number of aromatic nitrogens is 2. The molecule has 6 nitrogen and oxygen atoms in total. The molecule has 0 bridgehead atoms.